The van der Waals surface area contributed by atoms with Crippen LogP contribution in [0.25, 0.3) is 11.0 Å². The number of fused-ring (bicyclic) bond motifs is 1. The first-order valence-electron chi connectivity index (χ1n) is 6.04. The van der Waals surface area contributed by atoms with Gasteiger partial charge < -0.3 is 9.73 Å². The molecule has 0 aliphatic heterocycles. The van der Waals surface area contributed by atoms with Crippen molar-refractivity contribution in [3.05, 3.63) is 34.5 Å². The minimum absolute atomic E-state index is 0.237. The molecule has 0 amide bonds. The molecule has 17 heavy (non-hydrogen) atoms. The molecule has 3 heteroatoms. The van der Waals surface area contributed by atoms with Gasteiger partial charge in [-0.25, -0.2) is 0 Å². The summed E-state index contributed by atoms with van der Waals surface area (Å²) in [6.45, 7) is 7.29. The summed E-state index contributed by atoms with van der Waals surface area (Å²) < 4.78 is 5.89. The highest BCUT2D eigenvalue weighted by Crippen LogP contribution is 2.29. The van der Waals surface area contributed by atoms with Crippen LogP contribution in [-0.2, 0) is 0 Å². The lowest BCUT2D eigenvalue weighted by Crippen LogP contribution is -2.18. The number of hydrogen-bond donors (Lipinski definition) is 1. The summed E-state index contributed by atoms with van der Waals surface area (Å²) >= 11 is 6.04. The van der Waals surface area contributed by atoms with E-state index >= 15 is 0 Å². The van der Waals surface area contributed by atoms with Crippen LogP contribution >= 0.6 is 11.6 Å². The molecule has 0 fully saturated rings. The quantitative estimate of drug-likeness (QED) is 0.868. The van der Waals surface area contributed by atoms with Crippen LogP contribution in [0.1, 0.15) is 37.6 Å². The zero-order valence-electron chi connectivity index (χ0n) is 10.5. The largest absolute Gasteiger partial charge is 0.459 e. The number of furan rings is 1. The zero-order valence-corrected chi connectivity index (χ0v) is 11.3. The third-order valence-electron chi connectivity index (χ3n) is 2.91. The van der Waals surface area contributed by atoms with Gasteiger partial charge >= 0.3 is 0 Å². The van der Waals surface area contributed by atoms with E-state index in [9.17, 15) is 0 Å². The number of hydrogen-bond acceptors (Lipinski definition) is 2. The summed E-state index contributed by atoms with van der Waals surface area (Å²) in [5.74, 6) is 0.971. The molecule has 1 atom stereocenters. The molecule has 0 aliphatic rings. The van der Waals surface area contributed by atoms with Crippen molar-refractivity contribution in [2.75, 3.05) is 6.54 Å². The van der Waals surface area contributed by atoms with E-state index in [1.165, 1.54) is 0 Å². The molecule has 2 aromatic rings. The minimum atomic E-state index is 0.237. The molecular formula is C14H18ClNO. The van der Waals surface area contributed by atoms with Crippen molar-refractivity contribution < 1.29 is 4.42 Å². The standard InChI is InChI=1S/C14H18ClNO/c1-4-5-16-10(3)13-8-11-7-12(15)6-9(2)14(11)17-13/h6-8,10,16H,4-5H2,1-3H3. The van der Waals surface area contributed by atoms with Crippen molar-refractivity contribution in [2.24, 2.45) is 0 Å². The van der Waals surface area contributed by atoms with E-state index in [2.05, 4.69) is 25.2 Å². The monoisotopic (exact) mass is 251 g/mol. The fourth-order valence-electron chi connectivity index (χ4n) is 1.98. The van der Waals surface area contributed by atoms with Gasteiger partial charge in [-0.3, -0.25) is 0 Å². The van der Waals surface area contributed by atoms with Gasteiger partial charge in [0, 0.05) is 10.4 Å². The molecule has 0 saturated heterocycles. The van der Waals surface area contributed by atoms with Crippen LogP contribution < -0.4 is 5.32 Å². The third-order valence-corrected chi connectivity index (χ3v) is 3.13. The first kappa shape index (κ1) is 12.5. The molecule has 2 nitrogen and oxygen atoms in total. The lowest BCUT2D eigenvalue weighted by Gasteiger charge is -2.09. The van der Waals surface area contributed by atoms with Gasteiger partial charge in [0.1, 0.15) is 11.3 Å². The summed E-state index contributed by atoms with van der Waals surface area (Å²) in [7, 11) is 0. The molecule has 1 N–H and O–H groups in total. The highest BCUT2D eigenvalue weighted by Gasteiger charge is 2.12. The van der Waals surface area contributed by atoms with Crippen molar-refractivity contribution in [1.29, 1.82) is 0 Å². The van der Waals surface area contributed by atoms with Gasteiger partial charge in [-0.05, 0) is 50.6 Å². The fourth-order valence-corrected chi connectivity index (χ4v) is 2.26. The van der Waals surface area contributed by atoms with Gasteiger partial charge in [0.2, 0.25) is 0 Å². The second-order valence-electron chi connectivity index (χ2n) is 4.47. The third kappa shape index (κ3) is 2.64. The van der Waals surface area contributed by atoms with Crippen LogP contribution in [0, 0.1) is 6.92 Å². The van der Waals surface area contributed by atoms with E-state index in [0.29, 0.717) is 0 Å². The molecule has 0 saturated carbocycles. The molecule has 0 aliphatic carbocycles. The fraction of sp³-hybridized carbons (Fsp3) is 0.429. The first-order valence-corrected chi connectivity index (χ1v) is 6.42. The van der Waals surface area contributed by atoms with Gasteiger partial charge in [0.15, 0.2) is 0 Å². The number of aryl methyl sites for hydroxylation is 1. The normalized spacial score (nSPS) is 13.2. The summed E-state index contributed by atoms with van der Waals surface area (Å²) in [6, 6.07) is 6.19. The van der Waals surface area contributed by atoms with E-state index in [4.69, 9.17) is 16.0 Å². The summed E-state index contributed by atoms with van der Waals surface area (Å²) in [4.78, 5) is 0. The number of benzene rings is 1. The van der Waals surface area contributed by atoms with Crippen molar-refractivity contribution in [3.63, 3.8) is 0 Å². The Hall–Kier alpha value is -0.990. The van der Waals surface area contributed by atoms with Crippen LogP contribution in [0.2, 0.25) is 5.02 Å². The van der Waals surface area contributed by atoms with Crippen LogP contribution in [0.4, 0.5) is 0 Å². The molecular weight excluding hydrogens is 234 g/mol. The van der Waals surface area contributed by atoms with Crippen molar-refractivity contribution in [2.45, 2.75) is 33.2 Å². The Bertz CT molecular complexity index is 518. The molecule has 0 radical (unpaired) electrons. The number of nitrogens with one attached hydrogen (secondary N) is 1. The Kier molecular flexibility index (Phi) is 3.75. The Morgan fingerprint density at radius 2 is 2.12 bits per heavy atom. The van der Waals surface area contributed by atoms with Crippen LogP contribution in [0.3, 0.4) is 0 Å². The summed E-state index contributed by atoms with van der Waals surface area (Å²) in [5, 5.41) is 5.26. The predicted octanol–water partition coefficient (Wildman–Crippen LogP) is 4.46. The molecule has 1 aromatic heterocycles. The van der Waals surface area contributed by atoms with Crippen molar-refractivity contribution in [3.8, 4) is 0 Å². The van der Waals surface area contributed by atoms with E-state index < -0.39 is 0 Å². The maximum absolute atomic E-state index is 6.04. The summed E-state index contributed by atoms with van der Waals surface area (Å²) in [6.07, 6.45) is 1.12. The maximum atomic E-state index is 6.04. The van der Waals surface area contributed by atoms with Crippen molar-refractivity contribution >= 4 is 22.6 Å². The average Bonchev–Trinajstić information content (AvgIpc) is 2.69. The summed E-state index contributed by atoms with van der Waals surface area (Å²) in [5.41, 5.74) is 2.02. The van der Waals surface area contributed by atoms with E-state index in [1.54, 1.807) is 0 Å². The Balaban J connectivity index is 2.34. The highest BCUT2D eigenvalue weighted by atomic mass is 35.5. The van der Waals surface area contributed by atoms with Crippen LogP contribution in [0.15, 0.2) is 22.6 Å². The smallest absolute Gasteiger partial charge is 0.137 e. The molecule has 1 unspecified atom stereocenters. The number of halogens is 1. The lowest BCUT2D eigenvalue weighted by atomic mass is 10.1. The Labute approximate surface area is 107 Å². The van der Waals surface area contributed by atoms with Gasteiger partial charge in [-0.2, -0.15) is 0 Å². The molecule has 0 spiro atoms. The highest BCUT2D eigenvalue weighted by molar-refractivity contribution is 6.31. The van der Waals surface area contributed by atoms with E-state index in [-0.39, 0.29) is 6.04 Å². The molecule has 1 aromatic carbocycles. The second kappa shape index (κ2) is 5.11. The molecule has 2 rings (SSSR count). The number of rotatable bonds is 4. The minimum Gasteiger partial charge on any atom is -0.459 e. The first-order chi connectivity index (χ1) is 8.11. The Morgan fingerprint density at radius 3 is 2.82 bits per heavy atom. The topological polar surface area (TPSA) is 25.2 Å². The lowest BCUT2D eigenvalue weighted by molar-refractivity contribution is 0.451. The average molecular weight is 252 g/mol. The molecule has 92 valence electrons. The SMILES string of the molecule is CCCNC(C)c1cc2cc(Cl)cc(C)c2o1. The Morgan fingerprint density at radius 1 is 1.35 bits per heavy atom. The van der Waals surface area contributed by atoms with Gasteiger partial charge in [-0.15, -0.1) is 0 Å². The van der Waals surface area contributed by atoms with Gasteiger partial charge in [-0.1, -0.05) is 18.5 Å². The maximum Gasteiger partial charge on any atom is 0.137 e. The molecule has 1 heterocycles. The van der Waals surface area contributed by atoms with Crippen LogP contribution in [0.5, 0.6) is 0 Å². The zero-order chi connectivity index (χ0) is 12.4. The van der Waals surface area contributed by atoms with Gasteiger partial charge in [0.05, 0.1) is 6.04 Å². The molecule has 0 bridgehead atoms. The predicted molar refractivity (Wildman–Crippen MR) is 72.7 cm³/mol. The van der Waals surface area contributed by atoms with E-state index in [1.807, 2.05) is 19.1 Å². The van der Waals surface area contributed by atoms with Crippen molar-refractivity contribution in [1.82, 2.24) is 5.32 Å². The van der Waals surface area contributed by atoms with Gasteiger partial charge in [0.25, 0.3) is 0 Å². The van der Waals surface area contributed by atoms with E-state index in [0.717, 1.165) is 40.3 Å². The second-order valence-corrected chi connectivity index (χ2v) is 4.90. The van der Waals surface area contributed by atoms with Crippen LogP contribution in [-0.4, -0.2) is 6.54 Å².